The third kappa shape index (κ3) is 5.83. The number of carbonyl (C=O) groups is 1. The van der Waals surface area contributed by atoms with Gasteiger partial charge in [0.25, 0.3) is 0 Å². The summed E-state index contributed by atoms with van der Waals surface area (Å²) in [6.07, 6.45) is 1.88. The minimum absolute atomic E-state index is 0.103. The molecule has 1 amide bonds. The van der Waals surface area contributed by atoms with Gasteiger partial charge in [0.05, 0.1) is 11.9 Å². The summed E-state index contributed by atoms with van der Waals surface area (Å²) in [6, 6.07) is 13.3. The first kappa shape index (κ1) is 22.0. The van der Waals surface area contributed by atoms with Crippen molar-refractivity contribution in [2.45, 2.75) is 46.5 Å². The van der Waals surface area contributed by atoms with E-state index in [9.17, 15) is 13.2 Å². The van der Waals surface area contributed by atoms with E-state index in [2.05, 4.69) is 19.2 Å². The topological polar surface area (TPSA) is 66.5 Å². The van der Waals surface area contributed by atoms with Crippen LogP contribution in [0.2, 0.25) is 0 Å². The first-order valence-electron chi connectivity index (χ1n) is 9.53. The number of carbonyl (C=O) groups excluding carboxylic acids is 1. The van der Waals surface area contributed by atoms with Crippen LogP contribution in [0.3, 0.4) is 0 Å². The van der Waals surface area contributed by atoms with Crippen molar-refractivity contribution in [1.82, 2.24) is 0 Å². The summed E-state index contributed by atoms with van der Waals surface area (Å²) in [6.45, 7) is 8.38. The van der Waals surface area contributed by atoms with Crippen LogP contribution in [0.25, 0.3) is 0 Å². The van der Waals surface area contributed by atoms with Crippen LogP contribution in [0.5, 0.6) is 0 Å². The predicted molar refractivity (Wildman–Crippen MR) is 117 cm³/mol. The van der Waals surface area contributed by atoms with Crippen molar-refractivity contribution >= 4 is 27.3 Å². The summed E-state index contributed by atoms with van der Waals surface area (Å²) in [5.74, 6) is 0.200. The first-order chi connectivity index (χ1) is 13.1. The minimum atomic E-state index is -3.41. The standard InChI is InChI=1S/C22H30N2O3S/c1-16(2)20-9-6-8-18(4)22(20)23-21(25)10-7-15-24(28(5,26)27)19-13-11-17(3)12-14-19/h6,8-9,11-14,16H,7,10,15H2,1-5H3,(H,23,25). The van der Waals surface area contributed by atoms with Gasteiger partial charge < -0.3 is 5.32 Å². The molecule has 2 rings (SSSR count). The third-order valence-corrected chi connectivity index (χ3v) is 5.87. The molecule has 152 valence electrons. The molecule has 1 N–H and O–H groups in total. The second kappa shape index (κ2) is 9.24. The van der Waals surface area contributed by atoms with E-state index in [1.54, 1.807) is 12.1 Å². The Bertz CT molecular complexity index is 919. The number of anilines is 2. The van der Waals surface area contributed by atoms with Crippen LogP contribution >= 0.6 is 0 Å². The SMILES string of the molecule is Cc1ccc(N(CCCC(=O)Nc2c(C)cccc2C(C)C)S(C)(=O)=O)cc1. The largest absolute Gasteiger partial charge is 0.326 e. The summed E-state index contributed by atoms with van der Waals surface area (Å²) < 4.78 is 25.7. The van der Waals surface area contributed by atoms with Gasteiger partial charge in [0.1, 0.15) is 0 Å². The maximum Gasteiger partial charge on any atom is 0.232 e. The lowest BCUT2D eigenvalue weighted by atomic mass is 9.98. The highest BCUT2D eigenvalue weighted by Gasteiger charge is 2.18. The fourth-order valence-electron chi connectivity index (χ4n) is 3.12. The van der Waals surface area contributed by atoms with E-state index in [4.69, 9.17) is 0 Å². The van der Waals surface area contributed by atoms with E-state index >= 15 is 0 Å². The quantitative estimate of drug-likeness (QED) is 0.701. The fraction of sp³-hybridized carbons (Fsp3) is 0.409. The highest BCUT2D eigenvalue weighted by atomic mass is 32.2. The van der Waals surface area contributed by atoms with Crippen LogP contribution in [-0.4, -0.2) is 27.1 Å². The van der Waals surface area contributed by atoms with E-state index in [1.807, 2.05) is 44.2 Å². The highest BCUT2D eigenvalue weighted by molar-refractivity contribution is 7.92. The number of aryl methyl sites for hydroxylation is 2. The zero-order valence-electron chi connectivity index (χ0n) is 17.3. The van der Waals surface area contributed by atoms with Crippen molar-refractivity contribution in [3.8, 4) is 0 Å². The number of rotatable bonds is 8. The van der Waals surface area contributed by atoms with E-state index in [1.165, 1.54) is 10.6 Å². The Kier molecular flexibility index (Phi) is 7.24. The molecule has 0 aliphatic heterocycles. The average Bonchev–Trinajstić information content (AvgIpc) is 2.60. The van der Waals surface area contributed by atoms with Crippen LogP contribution < -0.4 is 9.62 Å². The number of nitrogens with one attached hydrogen (secondary N) is 1. The smallest absolute Gasteiger partial charge is 0.232 e. The second-order valence-corrected chi connectivity index (χ2v) is 9.42. The summed E-state index contributed by atoms with van der Waals surface area (Å²) in [5.41, 5.74) is 4.68. The van der Waals surface area contributed by atoms with Gasteiger partial charge in [-0.2, -0.15) is 0 Å². The van der Waals surface area contributed by atoms with Gasteiger partial charge in [0, 0.05) is 18.7 Å². The lowest BCUT2D eigenvalue weighted by Gasteiger charge is -2.22. The van der Waals surface area contributed by atoms with Gasteiger partial charge in [-0.15, -0.1) is 0 Å². The Morgan fingerprint density at radius 3 is 2.29 bits per heavy atom. The Morgan fingerprint density at radius 2 is 1.71 bits per heavy atom. The normalized spacial score (nSPS) is 11.5. The summed E-state index contributed by atoms with van der Waals surface area (Å²) in [7, 11) is -3.41. The van der Waals surface area contributed by atoms with Gasteiger partial charge in [0.2, 0.25) is 15.9 Å². The van der Waals surface area contributed by atoms with E-state index in [0.29, 0.717) is 18.0 Å². The number of nitrogens with zero attached hydrogens (tertiary/aromatic N) is 1. The number of para-hydroxylation sites is 1. The Balaban J connectivity index is 2.03. The van der Waals surface area contributed by atoms with Gasteiger partial charge in [-0.25, -0.2) is 8.42 Å². The predicted octanol–water partition coefficient (Wildman–Crippen LogP) is 4.61. The Hall–Kier alpha value is -2.34. The summed E-state index contributed by atoms with van der Waals surface area (Å²) >= 11 is 0. The lowest BCUT2D eigenvalue weighted by Crippen LogP contribution is -2.31. The summed E-state index contributed by atoms with van der Waals surface area (Å²) in [4.78, 5) is 12.5. The van der Waals surface area contributed by atoms with Crippen LogP contribution in [-0.2, 0) is 14.8 Å². The molecular weight excluding hydrogens is 372 g/mol. The Labute approximate surface area is 168 Å². The molecule has 2 aromatic carbocycles. The number of sulfonamides is 1. The molecule has 0 aliphatic rings. The highest BCUT2D eigenvalue weighted by Crippen LogP contribution is 2.27. The van der Waals surface area contributed by atoms with Crippen LogP contribution in [0.15, 0.2) is 42.5 Å². The number of benzene rings is 2. The zero-order valence-corrected chi connectivity index (χ0v) is 18.1. The molecule has 0 atom stereocenters. The Morgan fingerprint density at radius 1 is 1.07 bits per heavy atom. The van der Waals surface area contributed by atoms with Crippen molar-refractivity contribution in [2.24, 2.45) is 0 Å². The molecule has 0 radical (unpaired) electrons. The molecule has 0 aliphatic carbocycles. The molecule has 0 fully saturated rings. The van der Waals surface area contributed by atoms with Gasteiger partial charge in [-0.1, -0.05) is 49.7 Å². The molecule has 2 aromatic rings. The third-order valence-electron chi connectivity index (χ3n) is 4.68. The van der Waals surface area contributed by atoms with Crippen LogP contribution in [0.4, 0.5) is 11.4 Å². The molecule has 5 nitrogen and oxygen atoms in total. The lowest BCUT2D eigenvalue weighted by molar-refractivity contribution is -0.116. The molecular formula is C22H30N2O3S. The molecule has 0 spiro atoms. The number of hydrogen-bond acceptors (Lipinski definition) is 3. The maximum absolute atomic E-state index is 12.5. The number of hydrogen-bond donors (Lipinski definition) is 1. The summed E-state index contributed by atoms with van der Waals surface area (Å²) in [5, 5.41) is 3.01. The fourth-order valence-corrected chi connectivity index (χ4v) is 4.09. The van der Waals surface area contributed by atoms with E-state index in [-0.39, 0.29) is 18.9 Å². The van der Waals surface area contributed by atoms with Crippen molar-refractivity contribution < 1.29 is 13.2 Å². The van der Waals surface area contributed by atoms with Gasteiger partial charge in [-0.3, -0.25) is 9.10 Å². The van der Waals surface area contributed by atoms with Gasteiger partial charge in [0.15, 0.2) is 0 Å². The van der Waals surface area contributed by atoms with Crippen LogP contribution in [0.1, 0.15) is 49.3 Å². The first-order valence-corrected chi connectivity index (χ1v) is 11.4. The van der Waals surface area contributed by atoms with Gasteiger partial charge >= 0.3 is 0 Å². The van der Waals surface area contributed by atoms with Crippen LogP contribution in [0, 0.1) is 13.8 Å². The molecule has 0 aromatic heterocycles. The van der Waals surface area contributed by atoms with E-state index in [0.717, 1.165) is 22.4 Å². The molecule has 0 saturated carbocycles. The monoisotopic (exact) mass is 402 g/mol. The molecule has 6 heteroatoms. The maximum atomic E-state index is 12.5. The molecule has 0 heterocycles. The molecule has 0 unspecified atom stereocenters. The van der Waals surface area contributed by atoms with Crippen molar-refractivity contribution in [2.75, 3.05) is 22.4 Å². The van der Waals surface area contributed by atoms with Crippen molar-refractivity contribution in [3.05, 3.63) is 59.2 Å². The minimum Gasteiger partial charge on any atom is -0.326 e. The van der Waals surface area contributed by atoms with Crippen molar-refractivity contribution in [3.63, 3.8) is 0 Å². The average molecular weight is 403 g/mol. The second-order valence-electron chi connectivity index (χ2n) is 7.52. The zero-order chi connectivity index (χ0) is 20.9. The molecule has 0 bridgehead atoms. The number of amides is 1. The molecule has 28 heavy (non-hydrogen) atoms. The van der Waals surface area contributed by atoms with Crippen molar-refractivity contribution in [1.29, 1.82) is 0 Å². The van der Waals surface area contributed by atoms with E-state index < -0.39 is 10.0 Å². The molecule has 0 saturated heterocycles. The van der Waals surface area contributed by atoms with Gasteiger partial charge in [-0.05, 0) is 49.4 Å².